The summed E-state index contributed by atoms with van der Waals surface area (Å²) in [6.07, 6.45) is 6.30. The van der Waals surface area contributed by atoms with E-state index >= 15 is 0 Å². The molecule has 0 radical (unpaired) electrons. The second kappa shape index (κ2) is 5.88. The fourth-order valence-electron chi connectivity index (χ4n) is 4.11. The van der Waals surface area contributed by atoms with Crippen LogP contribution in [0.25, 0.3) is 0 Å². The van der Waals surface area contributed by atoms with Gasteiger partial charge in [-0.3, -0.25) is 14.5 Å². The molecule has 7 heteroatoms. The lowest BCUT2D eigenvalue weighted by atomic mass is 9.76. The van der Waals surface area contributed by atoms with Gasteiger partial charge in [-0.25, -0.2) is 9.48 Å². The summed E-state index contributed by atoms with van der Waals surface area (Å²) >= 11 is 0. The van der Waals surface area contributed by atoms with Crippen molar-refractivity contribution in [1.29, 1.82) is 0 Å². The first kappa shape index (κ1) is 15.5. The van der Waals surface area contributed by atoms with Gasteiger partial charge in [-0.05, 0) is 24.3 Å². The highest BCUT2D eigenvalue weighted by Crippen LogP contribution is 2.44. The zero-order valence-corrected chi connectivity index (χ0v) is 14.1. The molecule has 5 rings (SSSR count). The minimum Gasteiger partial charge on any atom is -0.385 e. The van der Waals surface area contributed by atoms with Gasteiger partial charge in [0.25, 0.3) is 0 Å². The van der Waals surface area contributed by atoms with Gasteiger partial charge < -0.3 is 5.11 Å². The quantitative estimate of drug-likeness (QED) is 0.781. The van der Waals surface area contributed by atoms with E-state index in [0.717, 1.165) is 12.8 Å². The van der Waals surface area contributed by atoms with Gasteiger partial charge in [-0.1, -0.05) is 30.3 Å². The van der Waals surface area contributed by atoms with Crippen molar-refractivity contribution < 1.29 is 5.11 Å². The summed E-state index contributed by atoms with van der Waals surface area (Å²) in [6, 6.07) is 10.1. The molecule has 26 heavy (non-hydrogen) atoms. The van der Waals surface area contributed by atoms with Gasteiger partial charge in [0, 0.05) is 18.8 Å². The molecule has 3 heterocycles. The average molecular weight is 349 g/mol. The van der Waals surface area contributed by atoms with Gasteiger partial charge in [-0.2, -0.15) is 5.10 Å². The Balaban J connectivity index is 1.43. The molecule has 0 saturated heterocycles. The number of aromatic nitrogens is 5. The van der Waals surface area contributed by atoms with Crippen LogP contribution in [0.4, 0.5) is 0 Å². The highest BCUT2D eigenvalue weighted by atomic mass is 16.3. The number of nitrogens with zero attached hydrogens (tertiary/aromatic N) is 5. The molecule has 1 aliphatic carbocycles. The van der Waals surface area contributed by atoms with Gasteiger partial charge in [0.15, 0.2) is 5.82 Å². The molecule has 0 spiro atoms. The molecule has 2 atom stereocenters. The molecule has 1 unspecified atom stereocenters. The monoisotopic (exact) mass is 349 g/mol. The van der Waals surface area contributed by atoms with Crippen LogP contribution in [0.5, 0.6) is 0 Å². The lowest BCUT2D eigenvalue weighted by molar-refractivity contribution is 0.165. The van der Waals surface area contributed by atoms with Crippen LogP contribution in [0.2, 0.25) is 0 Å². The Hall–Kier alpha value is -2.80. The van der Waals surface area contributed by atoms with Crippen LogP contribution in [0.1, 0.15) is 60.4 Å². The third-order valence-electron chi connectivity index (χ3n) is 5.57. The van der Waals surface area contributed by atoms with Crippen molar-refractivity contribution in [2.24, 2.45) is 0 Å². The smallest absolute Gasteiger partial charge is 0.346 e. The molecule has 1 N–H and O–H groups in total. The first-order chi connectivity index (χ1) is 12.7. The number of benzene rings is 1. The van der Waals surface area contributed by atoms with E-state index in [1.807, 2.05) is 18.2 Å². The molecule has 2 aliphatic rings. The largest absolute Gasteiger partial charge is 0.385 e. The van der Waals surface area contributed by atoms with Crippen LogP contribution in [-0.2, 0) is 0 Å². The van der Waals surface area contributed by atoms with Gasteiger partial charge in [0.1, 0.15) is 6.10 Å². The lowest BCUT2D eigenvalue weighted by Crippen LogP contribution is -2.35. The number of hydrogen-bond acceptors (Lipinski definition) is 5. The van der Waals surface area contributed by atoms with Crippen molar-refractivity contribution in [3.8, 4) is 0 Å². The van der Waals surface area contributed by atoms with E-state index in [4.69, 9.17) is 0 Å². The fourth-order valence-corrected chi connectivity index (χ4v) is 4.11. The Kier molecular flexibility index (Phi) is 3.49. The maximum Gasteiger partial charge on any atom is 0.346 e. The lowest BCUT2D eigenvalue weighted by Gasteiger charge is -2.35. The predicted molar refractivity (Wildman–Crippen MR) is 93.7 cm³/mol. The Morgan fingerprint density at radius 3 is 2.62 bits per heavy atom. The summed E-state index contributed by atoms with van der Waals surface area (Å²) in [7, 11) is 0. The summed E-state index contributed by atoms with van der Waals surface area (Å²) in [4.78, 5) is 21.4. The van der Waals surface area contributed by atoms with Crippen LogP contribution in [0, 0.1) is 0 Å². The standard InChI is InChI=1S/C19H19N5O2/c25-17-10-16(15-11-20-6-7-21-15)23-18(17)22-24(19(23)26)14-8-13(9-14)12-4-2-1-3-5-12/h1-7,11,13-14,16-17,25H,8-10H2/t13?,14?,16?,17-/m0/s1. The first-order valence-corrected chi connectivity index (χ1v) is 8.92. The number of rotatable bonds is 3. The third-order valence-corrected chi connectivity index (χ3v) is 5.57. The Morgan fingerprint density at radius 2 is 1.88 bits per heavy atom. The fraction of sp³-hybridized carbons (Fsp3) is 0.368. The van der Waals surface area contributed by atoms with Crippen molar-refractivity contribution in [3.05, 3.63) is 76.5 Å². The second-order valence-electron chi connectivity index (χ2n) is 7.09. The molecule has 132 valence electrons. The first-order valence-electron chi connectivity index (χ1n) is 8.92. The van der Waals surface area contributed by atoms with Crippen LogP contribution >= 0.6 is 0 Å². The molecule has 7 nitrogen and oxygen atoms in total. The molecule has 1 saturated carbocycles. The van der Waals surface area contributed by atoms with E-state index in [1.165, 1.54) is 5.56 Å². The Bertz CT molecular complexity index is 976. The molecular formula is C19H19N5O2. The van der Waals surface area contributed by atoms with Crippen molar-refractivity contribution in [1.82, 2.24) is 24.3 Å². The Morgan fingerprint density at radius 1 is 1.08 bits per heavy atom. The number of aliphatic hydroxyl groups excluding tert-OH is 1. The number of aliphatic hydroxyl groups is 1. The highest BCUT2D eigenvalue weighted by Gasteiger charge is 2.40. The van der Waals surface area contributed by atoms with Crippen molar-refractivity contribution >= 4 is 0 Å². The van der Waals surface area contributed by atoms with Crippen LogP contribution in [-0.4, -0.2) is 29.4 Å². The van der Waals surface area contributed by atoms with E-state index in [2.05, 4.69) is 27.2 Å². The number of hydrogen-bond donors (Lipinski definition) is 1. The average Bonchev–Trinajstić information content (AvgIpc) is 3.14. The Labute approximate surface area is 150 Å². The summed E-state index contributed by atoms with van der Waals surface area (Å²) in [5.74, 6) is 0.902. The van der Waals surface area contributed by atoms with E-state index in [9.17, 15) is 9.90 Å². The predicted octanol–water partition coefficient (Wildman–Crippen LogP) is 1.98. The molecule has 1 aliphatic heterocycles. The maximum absolute atomic E-state index is 13.0. The van der Waals surface area contributed by atoms with Gasteiger partial charge >= 0.3 is 5.69 Å². The van der Waals surface area contributed by atoms with Crippen molar-refractivity contribution in [3.63, 3.8) is 0 Å². The highest BCUT2D eigenvalue weighted by molar-refractivity contribution is 5.23. The molecule has 3 aromatic rings. The van der Waals surface area contributed by atoms with Crippen LogP contribution in [0.3, 0.4) is 0 Å². The van der Waals surface area contributed by atoms with E-state index < -0.39 is 6.10 Å². The summed E-state index contributed by atoms with van der Waals surface area (Å²) in [5, 5.41) is 14.8. The van der Waals surface area contributed by atoms with E-state index in [-0.39, 0.29) is 17.8 Å². The molecule has 0 bridgehead atoms. The maximum atomic E-state index is 13.0. The summed E-state index contributed by atoms with van der Waals surface area (Å²) < 4.78 is 3.14. The normalized spacial score (nSPS) is 27.1. The minimum absolute atomic E-state index is 0.0838. The SMILES string of the molecule is O=c1n(C2CC(c3ccccc3)C2)nc2n1C(c1cnccn1)C[C@@H]2O. The van der Waals surface area contributed by atoms with Crippen LogP contribution < -0.4 is 5.69 Å². The van der Waals surface area contributed by atoms with Gasteiger partial charge in [-0.15, -0.1) is 0 Å². The number of fused-ring (bicyclic) bond motifs is 1. The van der Waals surface area contributed by atoms with E-state index in [0.29, 0.717) is 23.9 Å². The molecule has 1 aromatic carbocycles. The van der Waals surface area contributed by atoms with E-state index in [1.54, 1.807) is 27.8 Å². The van der Waals surface area contributed by atoms with Crippen molar-refractivity contribution in [2.45, 2.75) is 43.4 Å². The zero-order valence-electron chi connectivity index (χ0n) is 14.1. The summed E-state index contributed by atoms with van der Waals surface area (Å²) in [5.41, 5.74) is 1.83. The molecule has 0 amide bonds. The summed E-state index contributed by atoms with van der Waals surface area (Å²) in [6.45, 7) is 0. The topological polar surface area (TPSA) is 85.8 Å². The van der Waals surface area contributed by atoms with Crippen LogP contribution in [0.15, 0.2) is 53.7 Å². The van der Waals surface area contributed by atoms with Gasteiger partial charge in [0.05, 0.1) is 24.0 Å². The molecule has 2 aromatic heterocycles. The second-order valence-corrected chi connectivity index (χ2v) is 7.09. The van der Waals surface area contributed by atoms with Gasteiger partial charge in [0.2, 0.25) is 0 Å². The molecular weight excluding hydrogens is 330 g/mol. The van der Waals surface area contributed by atoms with Crippen molar-refractivity contribution in [2.75, 3.05) is 0 Å². The molecule has 1 fully saturated rings. The zero-order chi connectivity index (χ0) is 17.7. The minimum atomic E-state index is -0.749. The third kappa shape index (κ3) is 2.31.